The molecule has 1 aliphatic rings. The highest BCUT2D eigenvalue weighted by Gasteiger charge is 2.13. The van der Waals surface area contributed by atoms with Crippen molar-refractivity contribution in [2.24, 2.45) is 4.99 Å². The summed E-state index contributed by atoms with van der Waals surface area (Å²) in [6, 6.07) is 4.90. The van der Waals surface area contributed by atoms with Crippen LogP contribution in [-0.2, 0) is 9.59 Å². The molecule has 0 N–H and O–H groups in total. The first-order valence-electron chi connectivity index (χ1n) is 4.43. The third-order valence-electron chi connectivity index (χ3n) is 1.88. The molecule has 0 saturated heterocycles. The number of carbonyl (C=O) groups is 1. The van der Waals surface area contributed by atoms with E-state index in [0.29, 0.717) is 17.2 Å². The zero-order valence-corrected chi connectivity index (χ0v) is 8.13. The van der Waals surface area contributed by atoms with Crippen molar-refractivity contribution in [2.45, 2.75) is 0 Å². The average Bonchev–Trinajstić information content (AvgIpc) is 2.74. The molecule has 6 nitrogen and oxygen atoms in total. The summed E-state index contributed by atoms with van der Waals surface area (Å²) in [5, 5.41) is 0. The van der Waals surface area contributed by atoms with Crippen molar-refractivity contribution in [3.8, 4) is 17.2 Å². The number of amides is 1. The molecule has 0 atom stereocenters. The quantitative estimate of drug-likeness (QED) is 0.553. The summed E-state index contributed by atoms with van der Waals surface area (Å²) < 4.78 is 15.3. The van der Waals surface area contributed by atoms with E-state index in [4.69, 9.17) is 14.2 Å². The van der Waals surface area contributed by atoms with E-state index in [1.165, 1.54) is 0 Å². The van der Waals surface area contributed by atoms with Crippen LogP contribution in [0.3, 0.4) is 0 Å². The normalized spacial score (nSPS) is 11.8. The van der Waals surface area contributed by atoms with Gasteiger partial charge in [0, 0.05) is 6.07 Å². The number of fused-ring (bicyclic) bond motifs is 1. The van der Waals surface area contributed by atoms with Crippen molar-refractivity contribution in [3.63, 3.8) is 0 Å². The first-order valence-corrected chi connectivity index (χ1v) is 4.43. The van der Waals surface area contributed by atoms with Crippen LogP contribution in [0.4, 0.5) is 0 Å². The van der Waals surface area contributed by atoms with Gasteiger partial charge in [-0.05, 0) is 12.1 Å². The van der Waals surface area contributed by atoms with E-state index in [9.17, 15) is 9.59 Å². The fraction of sp³-hybridized carbons (Fsp3) is 0.200. The minimum absolute atomic E-state index is 0.174. The zero-order chi connectivity index (χ0) is 11.4. The number of hydrogen-bond donors (Lipinski definition) is 0. The van der Waals surface area contributed by atoms with E-state index in [-0.39, 0.29) is 13.4 Å². The molecule has 1 aliphatic heterocycles. The summed E-state index contributed by atoms with van der Waals surface area (Å²) >= 11 is 0. The number of rotatable bonds is 3. The summed E-state index contributed by atoms with van der Waals surface area (Å²) in [6.07, 6.45) is 1.15. The van der Waals surface area contributed by atoms with Gasteiger partial charge < -0.3 is 14.2 Å². The molecule has 0 saturated carbocycles. The van der Waals surface area contributed by atoms with Crippen LogP contribution < -0.4 is 14.2 Å². The Morgan fingerprint density at radius 2 is 2.25 bits per heavy atom. The Hall–Kier alpha value is -2.33. The van der Waals surface area contributed by atoms with E-state index >= 15 is 0 Å². The number of benzene rings is 1. The van der Waals surface area contributed by atoms with Gasteiger partial charge in [-0.3, -0.25) is 4.79 Å². The molecule has 0 aliphatic carbocycles. The Morgan fingerprint density at radius 3 is 3.06 bits per heavy atom. The summed E-state index contributed by atoms with van der Waals surface area (Å²) in [6.45, 7) is -0.137. The summed E-state index contributed by atoms with van der Waals surface area (Å²) in [5.74, 6) is 0.944. The van der Waals surface area contributed by atoms with Crippen molar-refractivity contribution in [3.05, 3.63) is 18.2 Å². The molecule has 82 valence electrons. The van der Waals surface area contributed by atoms with E-state index in [2.05, 4.69) is 4.99 Å². The number of ether oxygens (including phenoxy) is 3. The predicted molar refractivity (Wildman–Crippen MR) is 51.2 cm³/mol. The van der Waals surface area contributed by atoms with Crippen molar-refractivity contribution >= 4 is 12.0 Å². The van der Waals surface area contributed by atoms with Crippen LogP contribution in [-0.4, -0.2) is 25.4 Å². The summed E-state index contributed by atoms with van der Waals surface area (Å²) in [5.41, 5.74) is 0. The van der Waals surface area contributed by atoms with Crippen LogP contribution in [0.2, 0.25) is 0 Å². The maximum atomic E-state index is 10.8. The van der Waals surface area contributed by atoms with Crippen molar-refractivity contribution in [1.82, 2.24) is 0 Å². The number of carbonyl (C=O) groups excluding carboxylic acids is 2. The Labute approximate surface area is 90.4 Å². The molecule has 1 aromatic carbocycles. The minimum Gasteiger partial charge on any atom is -0.484 e. The van der Waals surface area contributed by atoms with E-state index < -0.39 is 5.91 Å². The molecular formula is C10H7NO5. The third kappa shape index (κ3) is 2.18. The fourth-order valence-electron chi connectivity index (χ4n) is 1.19. The first kappa shape index (κ1) is 10.2. The maximum Gasteiger partial charge on any atom is 0.294 e. The van der Waals surface area contributed by atoms with Gasteiger partial charge in [0.05, 0.1) is 0 Å². The standard InChI is InChI=1S/C10H7NO5/c12-5-11-10(13)4-14-7-1-2-8-9(3-7)16-6-15-8/h1-3H,4,6H2. The lowest BCUT2D eigenvalue weighted by atomic mass is 10.3. The lowest BCUT2D eigenvalue weighted by Gasteiger charge is -2.03. The Kier molecular flexibility index (Phi) is 2.84. The van der Waals surface area contributed by atoms with Crippen LogP contribution in [0.15, 0.2) is 23.2 Å². The lowest BCUT2D eigenvalue weighted by molar-refractivity contribution is -0.119. The highest BCUT2D eigenvalue weighted by molar-refractivity contribution is 5.82. The van der Waals surface area contributed by atoms with Crippen LogP contribution >= 0.6 is 0 Å². The summed E-state index contributed by atoms with van der Waals surface area (Å²) in [4.78, 5) is 23.5. The minimum atomic E-state index is -0.687. The van der Waals surface area contributed by atoms with E-state index in [1.807, 2.05) is 0 Å². The predicted octanol–water partition coefficient (Wildman–Crippen LogP) is 0.656. The fourth-order valence-corrected chi connectivity index (χ4v) is 1.19. The van der Waals surface area contributed by atoms with Gasteiger partial charge >= 0.3 is 0 Å². The second kappa shape index (κ2) is 4.46. The van der Waals surface area contributed by atoms with Crippen LogP contribution in [0, 0.1) is 0 Å². The van der Waals surface area contributed by atoms with Gasteiger partial charge in [-0.25, -0.2) is 4.79 Å². The second-order valence-corrected chi connectivity index (χ2v) is 2.90. The van der Waals surface area contributed by atoms with Gasteiger partial charge in [0.25, 0.3) is 5.91 Å². The Morgan fingerprint density at radius 1 is 1.44 bits per heavy atom. The zero-order valence-electron chi connectivity index (χ0n) is 8.13. The maximum absolute atomic E-state index is 10.8. The Balaban J connectivity index is 2.00. The van der Waals surface area contributed by atoms with Crippen molar-refractivity contribution in [2.75, 3.05) is 13.4 Å². The van der Waals surface area contributed by atoms with Gasteiger partial charge in [0.2, 0.25) is 12.9 Å². The molecule has 0 fully saturated rings. The molecule has 1 aromatic rings. The first-order chi connectivity index (χ1) is 7.79. The van der Waals surface area contributed by atoms with Gasteiger partial charge in [-0.1, -0.05) is 0 Å². The SMILES string of the molecule is O=C=NC(=O)COc1ccc2c(c1)OCO2. The second-order valence-electron chi connectivity index (χ2n) is 2.90. The molecule has 1 amide bonds. The molecule has 1 heterocycles. The highest BCUT2D eigenvalue weighted by Crippen LogP contribution is 2.34. The van der Waals surface area contributed by atoms with Gasteiger partial charge in [-0.2, -0.15) is 0 Å². The summed E-state index contributed by atoms with van der Waals surface area (Å²) in [7, 11) is 0. The van der Waals surface area contributed by atoms with Crippen molar-refractivity contribution in [1.29, 1.82) is 0 Å². The van der Waals surface area contributed by atoms with Gasteiger partial charge in [0.15, 0.2) is 18.1 Å². The smallest absolute Gasteiger partial charge is 0.294 e. The number of hydrogen-bond acceptors (Lipinski definition) is 5. The molecule has 16 heavy (non-hydrogen) atoms. The highest BCUT2D eigenvalue weighted by atomic mass is 16.7. The molecule has 6 heteroatoms. The lowest BCUT2D eigenvalue weighted by Crippen LogP contribution is -2.07. The molecule has 0 bridgehead atoms. The van der Waals surface area contributed by atoms with Crippen LogP contribution in [0.5, 0.6) is 17.2 Å². The molecular weight excluding hydrogens is 214 g/mol. The number of nitrogens with zero attached hydrogens (tertiary/aromatic N) is 1. The molecule has 0 unspecified atom stereocenters. The van der Waals surface area contributed by atoms with E-state index in [1.54, 1.807) is 18.2 Å². The molecule has 2 rings (SSSR count). The van der Waals surface area contributed by atoms with Crippen LogP contribution in [0.25, 0.3) is 0 Å². The van der Waals surface area contributed by atoms with E-state index in [0.717, 1.165) is 6.08 Å². The Bertz CT molecular complexity index is 464. The monoisotopic (exact) mass is 221 g/mol. The molecule has 0 spiro atoms. The topological polar surface area (TPSA) is 74.2 Å². The largest absolute Gasteiger partial charge is 0.484 e. The van der Waals surface area contributed by atoms with Gasteiger partial charge in [0.1, 0.15) is 5.75 Å². The third-order valence-corrected chi connectivity index (χ3v) is 1.88. The van der Waals surface area contributed by atoms with Crippen LogP contribution in [0.1, 0.15) is 0 Å². The van der Waals surface area contributed by atoms with Gasteiger partial charge in [-0.15, -0.1) is 4.99 Å². The average molecular weight is 221 g/mol. The molecule has 0 aromatic heterocycles. The number of isocyanates is 1. The van der Waals surface area contributed by atoms with Crippen molar-refractivity contribution < 1.29 is 23.8 Å². The molecule has 0 radical (unpaired) electrons. The number of aliphatic imine (C=N–C) groups is 1.